The van der Waals surface area contributed by atoms with Gasteiger partial charge in [-0.3, -0.25) is 29.0 Å². The number of hydrogen-bond donors (Lipinski definition) is 2. The van der Waals surface area contributed by atoms with Crippen molar-refractivity contribution in [2.45, 2.75) is 322 Å². The fraction of sp³-hybridized carbons (Fsp3) is 0.676. The van der Waals surface area contributed by atoms with Gasteiger partial charge >= 0.3 is 0 Å². The molecule has 2 aliphatic rings. The Morgan fingerprint density at radius 2 is 0.607 bits per heavy atom. The summed E-state index contributed by atoms with van der Waals surface area (Å²) in [6.45, 7) is 9.04. The number of benzene rings is 5. The number of rotatable bonds is 48. The zero-order valence-corrected chi connectivity index (χ0v) is 53.2. The molecule has 4 N–H and O–H groups in total. The van der Waals surface area contributed by atoms with Crippen molar-refractivity contribution in [2.24, 2.45) is 5.90 Å². The standard InChI is InChI=1S/C74H112N4O6/c1-5-9-13-17-21-25-29-33-37-41-45-55(46-42-38-34-30-26-22-18-14-10-6-2)77-71(79)59-52-50-58-68-64(83-84-76)54-62-66-60(51-49-57(70(66)68)67-63(75)53-61(73(77)81)65(59)69(58)67)72(80)78(74(62)82)56(47-43-39-35-31-27-23-19-15-11-7-3)48-44-40-36-32-28-24-20-16-12-8-4/h49-56H,5-48,75-76H2,1-4H3. The van der Waals surface area contributed by atoms with Crippen LogP contribution < -0.4 is 16.5 Å². The summed E-state index contributed by atoms with van der Waals surface area (Å²) in [5.41, 5.74) is 9.34. The van der Waals surface area contributed by atoms with Gasteiger partial charge in [0.05, 0.1) is 11.1 Å². The minimum absolute atomic E-state index is 0.218. The lowest BCUT2D eigenvalue weighted by molar-refractivity contribution is -0.210. The summed E-state index contributed by atoms with van der Waals surface area (Å²) in [4.78, 5) is 75.0. The van der Waals surface area contributed by atoms with Crippen LogP contribution in [0.3, 0.4) is 0 Å². The van der Waals surface area contributed by atoms with Gasteiger partial charge in [-0.05, 0) is 60.7 Å². The van der Waals surface area contributed by atoms with Gasteiger partial charge in [0.15, 0.2) is 5.75 Å². The Kier molecular flexibility index (Phi) is 28.9. The van der Waals surface area contributed by atoms with E-state index in [2.05, 4.69) is 27.7 Å². The number of hydrogen-bond acceptors (Lipinski definition) is 8. The average molecular weight is 1150 g/mol. The third kappa shape index (κ3) is 17.5. The topological polar surface area (TPSA) is 145 Å². The van der Waals surface area contributed by atoms with Crippen molar-refractivity contribution in [3.63, 3.8) is 0 Å². The van der Waals surface area contributed by atoms with Crippen LogP contribution in [-0.4, -0.2) is 45.5 Å². The molecule has 0 aromatic heterocycles. The zero-order valence-electron chi connectivity index (χ0n) is 53.2. The van der Waals surface area contributed by atoms with E-state index in [9.17, 15) is 0 Å². The molecule has 0 unspecified atom stereocenters. The molecule has 0 saturated heterocycles. The molecule has 0 saturated carbocycles. The van der Waals surface area contributed by atoms with E-state index in [4.69, 9.17) is 21.5 Å². The van der Waals surface area contributed by atoms with Gasteiger partial charge in [0.25, 0.3) is 23.6 Å². The van der Waals surface area contributed by atoms with Crippen LogP contribution in [0, 0.1) is 0 Å². The fourth-order valence-electron chi connectivity index (χ4n) is 14.6. The summed E-state index contributed by atoms with van der Waals surface area (Å²) in [5, 5.41) is 5.05. The molecule has 10 nitrogen and oxygen atoms in total. The predicted molar refractivity (Wildman–Crippen MR) is 352 cm³/mol. The number of nitrogen functional groups attached to an aromatic ring is 1. The number of carbonyl (C=O) groups is 4. The maximum atomic E-state index is 15.3. The first-order valence-corrected chi connectivity index (χ1v) is 35.1. The van der Waals surface area contributed by atoms with Crippen molar-refractivity contribution >= 4 is 72.4 Å². The Bertz CT molecular complexity index is 2770. The maximum Gasteiger partial charge on any atom is 0.261 e. The molecule has 0 aliphatic carbocycles. The van der Waals surface area contributed by atoms with Crippen LogP contribution in [0.1, 0.15) is 352 Å². The van der Waals surface area contributed by atoms with Crippen LogP contribution in [0.2, 0.25) is 0 Å². The van der Waals surface area contributed by atoms with Crippen molar-refractivity contribution < 1.29 is 29.1 Å². The Balaban J connectivity index is 1.16. The molecule has 0 radical (unpaired) electrons. The second-order valence-corrected chi connectivity index (χ2v) is 25.8. The van der Waals surface area contributed by atoms with E-state index in [0.29, 0.717) is 71.0 Å². The highest BCUT2D eigenvalue weighted by atomic mass is 17.3. The van der Waals surface area contributed by atoms with Gasteiger partial charge in [-0.1, -0.05) is 302 Å². The number of unbranched alkanes of at least 4 members (excludes halogenated alkanes) is 36. The van der Waals surface area contributed by atoms with Gasteiger partial charge in [0, 0.05) is 61.2 Å². The minimum Gasteiger partial charge on any atom is -0.398 e. The molecule has 5 aromatic rings. The SMILES string of the molecule is CCCCCCCCCCCCC(CCCCCCCCCCCC)N1C(=O)c2ccc3c4c(OON)cc5c6c(ccc(c7c(N)cc(c2c37)C1=O)c64)C(=O)N(C(CCCCCCCCCCCC)CCCCCCCCCCCC)C5=O. The normalized spacial score (nSPS) is 13.6. The lowest BCUT2D eigenvalue weighted by Gasteiger charge is -2.36. The summed E-state index contributed by atoms with van der Waals surface area (Å²) in [6, 6.07) is 10.5. The quantitative estimate of drug-likeness (QED) is 0.00745. The van der Waals surface area contributed by atoms with Gasteiger partial charge in [-0.25, -0.2) is 0 Å². The molecular formula is C74H112N4O6. The molecule has 0 bridgehead atoms. The second-order valence-electron chi connectivity index (χ2n) is 25.8. The lowest BCUT2D eigenvalue weighted by atomic mass is 9.80. The molecule has 2 heterocycles. The monoisotopic (exact) mass is 1150 g/mol. The molecule has 0 spiro atoms. The van der Waals surface area contributed by atoms with Crippen LogP contribution in [0.5, 0.6) is 5.75 Å². The van der Waals surface area contributed by atoms with E-state index < -0.39 is 0 Å². The predicted octanol–water partition coefficient (Wildman–Crippen LogP) is 21.7. The number of nitrogens with two attached hydrogens (primary N) is 2. The Morgan fingerprint density at radius 1 is 0.333 bits per heavy atom. The molecule has 5 aromatic carbocycles. The number of anilines is 1. The fourth-order valence-corrected chi connectivity index (χ4v) is 14.6. The number of carbonyl (C=O) groups excluding carboxylic acids is 4. The third-order valence-electron chi connectivity index (χ3n) is 19.3. The molecular weight excluding hydrogens is 1040 g/mol. The Labute approximate surface area is 507 Å². The van der Waals surface area contributed by atoms with Crippen LogP contribution >= 0.6 is 0 Å². The van der Waals surface area contributed by atoms with Crippen LogP contribution in [0.15, 0.2) is 36.4 Å². The summed E-state index contributed by atoms with van der Waals surface area (Å²) >= 11 is 0. The molecule has 0 fully saturated rings. The smallest absolute Gasteiger partial charge is 0.261 e. The molecule has 2 aliphatic heterocycles. The van der Waals surface area contributed by atoms with E-state index in [1.807, 2.05) is 24.3 Å². The van der Waals surface area contributed by atoms with Gasteiger partial charge in [0.1, 0.15) is 0 Å². The lowest BCUT2D eigenvalue weighted by Crippen LogP contribution is -2.47. The number of nitrogens with zero attached hydrogens (tertiary/aromatic N) is 2. The molecule has 10 heteroatoms. The van der Waals surface area contributed by atoms with Crippen LogP contribution in [0.4, 0.5) is 5.69 Å². The van der Waals surface area contributed by atoms with Crippen molar-refractivity contribution in [3.8, 4) is 5.75 Å². The zero-order chi connectivity index (χ0) is 59.5. The average Bonchev–Trinajstić information content (AvgIpc) is 0.742. The Morgan fingerprint density at radius 3 is 0.929 bits per heavy atom. The van der Waals surface area contributed by atoms with E-state index in [-0.39, 0.29) is 41.5 Å². The van der Waals surface area contributed by atoms with Crippen molar-refractivity contribution in [1.82, 2.24) is 9.80 Å². The maximum absolute atomic E-state index is 15.3. The van der Waals surface area contributed by atoms with Gasteiger partial charge in [-0.2, -0.15) is 5.90 Å². The number of fused-ring (bicyclic) bond motifs is 2. The van der Waals surface area contributed by atoms with Gasteiger partial charge in [-0.15, -0.1) is 0 Å². The van der Waals surface area contributed by atoms with Gasteiger partial charge < -0.3 is 10.6 Å². The summed E-state index contributed by atoms with van der Waals surface area (Å²) < 4.78 is 0. The van der Waals surface area contributed by atoms with Crippen molar-refractivity contribution in [3.05, 3.63) is 58.7 Å². The largest absolute Gasteiger partial charge is 0.398 e. The highest BCUT2D eigenvalue weighted by Crippen LogP contribution is 2.51. The van der Waals surface area contributed by atoms with Crippen molar-refractivity contribution in [2.75, 3.05) is 5.73 Å². The number of amides is 4. The van der Waals surface area contributed by atoms with E-state index in [0.717, 1.165) is 89.9 Å². The van der Waals surface area contributed by atoms with E-state index in [1.165, 1.54) is 193 Å². The first-order chi connectivity index (χ1) is 41.2. The molecule has 0 atom stereocenters. The van der Waals surface area contributed by atoms with Crippen LogP contribution in [-0.2, 0) is 4.99 Å². The van der Waals surface area contributed by atoms with Crippen molar-refractivity contribution in [1.29, 1.82) is 0 Å². The minimum atomic E-state index is -0.340. The summed E-state index contributed by atoms with van der Waals surface area (Å²) in [7, 11) is 0. The highest BCUT2D eigenvalue weighted by molar-refractivity contribution is 6.43. The first-order valence-electron chi connectivity index (χ1n) is 35.1. The Hall–Kier alpha value is -4.80. The highest BCUT2D eigenvalue weighted by Gasteiger charge is 2.42. The second kappa shape index (κ2) is 36.4. The number of imide groups is 2. The first kappa shape index (κ1) is 66.7. The molecule has 464 valence electrons. The summed E-state index contributed by atoms with van der Waals surface area (Å²) in [5.74, 6) is 4.80. The molecule has 7 rings (SSSR count). The van der Waals surface area contributed by atoms with Gasteiger partial charge in [0.2, 0.25) is 0 Å². The molecule has 4 amide bonds. The van der Waals surface area contributed by atoms with E-state index in [1.54, 1.807) is 21.9 Å². The molecule has 84 heavy (non-hydrogen) atoms. The van der Waals surface area contributed by atoms with E-state index >= 15 is 19.2 Å². The van der Waals surface area contributed by atoms with Crippen LogP contribution in [0.25, 0.3) is 43.1 Å². The summed E-state index contributed by atoms with van der Waals surface area (Å²) in [6.07, 6.45) is 51.9. The third-order valence-corrected chi connectivity index (χ3v) is 19.3.